The summed E-state index contributed by atoms with van der Waals surface area (Å²) in [7, 11) is 0. The van der Waals surface area contributed by atoms with E-state index >= 15 is 0 Å². The fourth-order valence-corrected chi connectivity index (χ4v) is 3.69. The number of carboxylic acid groups (broad SMARTS) is 1. The highest BCUT2D eigenvalue weighted by Gasteiger charge is 2.22. The zero-order valence-corrected chi connectivity index (χ0v) is 12.9. The third-order valence-corrected chi connectivity index (χ3v) is 4.86. The first-order valence-corrected chi connectivity index (χ1v) is 8.00. The number of halogens is 1. The Labute approximate surface area is 135 Å². The summed E-state index contributed by atoms with van der Waals surface area (Å²) >= 11 is 1.34. The topological polar surface area (TPSA) is 70.2 Å². The summed E-state index contributed by atoms with van der Waals surface area (Å²) in [5.74, 6) is -1.95. The number of aliphatic carboxylic acids is 1. The largest absolute Gasteiger partial charge is 0.481 e. The van der Waals surface area contributed by atoms with E-state index < -0.39 is 11.9 Å². The number of hydrogen-bond donors (Lipinski definition) is 2. The van der Waals surface area contributed by atoms with Gasteiger partial charge in [-0.2, -0.15) is 0 Å². The van der Waals surface area contributed by atoms with Crippen LogP contribution in [0.1, 0.15) is 23.6 Å². The zero-order valence-electron chi connectivity index (χ0n) is 12.1. The number of aromatic amines is 1. The summed E-state index contributed by atoms with van der Waals surface area (Å²) in [6.45, 7) is 0. The minimum Gasteiger partial charge on any atom is -0.481 e. The number of carboxylic acids is 1. The predicted octanol–water partition coefficient (Wildman–Crippen LogP) is 4.18. The Bertz CT molecular complexity index is 868. The molecule has 23 heavy (non-hydrogen) atoms. The quantitative estimate of drug-likeness (QED) is 0.666. The number of para-hydroxylation sites is 1. The van der Waals surface area contributed by atoms with E-state index in [1.54, 1.807) is 12.3 Å². The minimum atomic E-state index is -0.940. The molecule has 0 spiro atoms. The Balaban J connectivity index is 1.98. The molecule has 0 aliphatic rings. The number of carbonyl (C=O) groups excluding carboxylic acids is 1. The Morgan fingerprint density at radius 1 is 1.43 bits per heavy atom. The van der Waals surface area contributed by atoms with Gasteiger partial charge in [0.05, 0.1) is 11.4 Å². The molecule has 0 saturated carbocycles. The molecule has 0 radical (unpaired) electrons. The van der Waals surface area contributed by atoms with Gasteiger partial charge in [0.2, 0.25) is 0 Å². The highest BCUT2D eigenvalue weighted by molar-refractivity contribution is 7.10. The Hall–Kier alpha value is -2.47. The molecule has 0 amide bonds. The smallest absolute Gasteiger partial charge is 0.311 e. The van der Waals surface area contributed by atoms with E-state index in [4.69, 9.17) is 0 Å². The van der Waals surface area contributed by atoms with E-state index in [2.05, 4.69) is 4.98 Å². The normalized spacial score (nSPS) is 12.4. The number of aldehydes is 1. The van der Waals surface area contributed by atoms with Crippen LogP contribution in [0.5, 0.6) is 0 Å². The van der Waals surface area contributed by atoms with Crippen molar-refractivity contribution in [2.24, 2.45) is 0 Å². The van der Waals surface area contributed by atoms with E-state index in [9.17, 15) is 19.1 Å². The van der Waals surface area contributed by atoms with Crippen LogP contribution in [0, 0.1) is 5.82 Å². The summed E-state index contributed by atoms with van der Waals surface area (Å²) in [6.07, 6.45) is 2.94. The average molecular weight is 331 g/mol. The second kappa shape index (κ2) is 6.34. The van der Waals surface area contributed by atoms with Gasteiger partial charge in [0.25, 0.3) is 0 Å². The molecule has 3 rings (SSSR count). The molecular formula is C17H14FNO3S. The van der Waals surface area contributed by atoms with Gasteiger partial charge in [-0.1, -0.05) is 12.1 Å². The summed E-state index contributed by atoms with van der Waals surface area (Å²) < 4.78 is 13.8. The number of nitrogens with one attached hydrogen (secondary N) is 1. The molecule has 1 unspecified atom stereocenters. The average Bonchev–Trinajstić information content (AvgIpc) is 3.14. The Morgan fingerprint density at radius 3 is 3.00 bits per heavy atom. The molecule has 0 aliphatic carbocycles. The number of hydrogen-bond acceptors (Lipinski definition) is 3. The second-order valence-corrected chi connectivity index (χ2v) is 6.18. The van der Waals surface area contributed by atoms with E-state index in [0.29, 0.717) is 10.4 Å². The van der Waals surface area contributed by atoms with Gasteiger partial charge in [0, 0.05) is 28.4 Å². The van der Waals surface area contributed by atoms with Crippen molar-refractivity contribution in [3.63, 3.8) is 0 Å². The van der Waals surface area contributed by atoms with Gasteiger partial charge in [0.1, 0.15) is 12.1 Å². The molecule has 118 valence electrons. The van der Waals surface area contributed by atoms with E-state index in [1.165, 1.54) is 17.4 Å². The lowest BCUT2D eigenvalue weighted by Crippen LogP contribution is -2.10. The van der Waals surface area contributed by atoms with Crippen molar-refractivity contribution in [3.8, 4) is 11.1 Å². The molecule has 6 heteroatoms. The van der Waals surface area contributed by atoms with Crippen molar-refractivity contribution >= 4 is 34.5 Å². The van der Waals surface area contributed by atoms with Gasteiger partial charge in [-0.3, -0.25) is 4.79 Å². The van der Waals surface area contributed by atoms with Crippen LogP contribution in [0.25, 0.3) is 22.0 Å². The van der Waals surface area contributed by atoms with Crippen LogP contribution in [0.3, 0.4) is 0 Å². The zero-order chi connectivity index (χ0) is 16.4. The third kappa shape index (κ3) is 2.90. The highest BCUT2D eigenvalue weighted by atomic mass is 32.1. The monoisotopic (exact) mass is 331 g/mol. The lowest BCUT2D eigenvalue weighted by Gasteiger charge is -2.07. The van der Waals surface area contributed by atoms with Crippen LogP contribution >= 0.6 is 11.3 Å². The van der Waals surface area contributed by atoms with Gasteiger partial charge < -0.3 is 14.9 Å². The van der Waals surface area contributed by atoms with E-state index in [0.717, 1.165) is 22.8 Å². The maximum atomic E-state index is 13.8. The second-order valence-electron chi connectivity index (χ2n) is 5.24. The maximum Gasteiger partial charge on any atom is 0.311 e. The first-order chi connectivity index (χ1) is 11.1. The first kappa shape index (κ1) is 15.4. The van der Waals surface area contributed by atoms with E-state index in [1.807, 2.05) is 17.5 Å². The van der Waals surface area contributed by atoms with Crippen LogP contribution in [-0.4, -0.2) is 22.3 Å². The molecule has 0 bridgehead atoms. The van der Waals surface area contributed by atoms with Crippen molar-refractivity contribution in [2.45, 2.75) is 18.8 Å². The standard InChI is InChI=1S/C17H14FNO3S/c18-14-5-1-3-11-13(8-19-16(11)14)10-7-15(23-9-10)12(17(21)22)4-2-6-20/h1,3,5-9,12,19H,2,4H2,(H,21,22). The van der Waals surface area contributed by atoms with Gasteiger partial charge in [-0.25, -0.2) is 4.39 Å². The molecule has 3 aromatic rings. The molecular weight excluding hydrogens is 317 g/mol. The number of carbonyl (C=O) groups is 2. The van der Waals surface area contributed by atoms with Crippen molar-refractivity contribution in [1.82, 2.24) is 4.98 Å². The third-order valence-electron chi connectivity index (χ3n) is 3.81. The number of aromatic nitrogens is 1. The molecule has 0 saturated heterocycles. The minimum absolute atomic E-state index is 0.211. The molecule has 2 aromatic heterocycles. The predicted molar refractivity (Wildman–Crippen MR) is 87.2 cm³/mol. The molecule has 2 N–H and O–H groups in total. The fraction of sp³-hybridized carbons (Fsp3) is 0.176. The van der Waals surface area contributed by atoms with Crippen molar-refractivity contribution in [1.29, 1.82) is 0 Å². The van der Waals surface area contributed by atoms with Gasteiger partial charge in [-0.05, 0) is 29.5 Å². The van der Waals surface area contributed by atoms with Crippen LogP contribution in [0.2, 0.25) is 0 Å². The molecule has 1 aromatic carbocycles. The highest BCUT2D eigenvalue weighted by Crippen LogP contribution is 2.36. The van der Waals surface area contributed by atoms with Crippen LogP contribution in [0.4, 0.5) is 4.39 Å². The van der Waals surface area contributed by atoms with Crippen LogP contribution in [0.15, 0.2) is 35.8 Å². The molecule has 0 fully saturated rings. The van der Waals surface area contributed by atoms with Crippen LogP contribution < -0.4 is 0 Å². The van der Waals surface area contributed by atoms with Gasteiger partial charge >= 0.3 is 5.97 Å². The van der Waals surface area contributed by atoms with Crippen LogP contribution in [-0.2, 0) is 9.59 Å². The number of rotatable bonds is 6. The summed E-state index contributed by atoms with van der Waals surface area (Å²) in [4.78, 5) is 25.5. The SMILES string of the molecule is O=CCCC(C(=O)O)c1cc(-c2c[nH]c3c(F)cccc23)cs1. The summed E-state index contributed by atoms with van der Waals surface area (Å²) in [6, 6.07) is 6.67. The summed E-state index contributed by atoms with van der Waals surface area (Å²) in [5, 5.41) is 12.0. The van der Waals surface area contributed by atoms with Crippen molar-refractivity contribution in [3.05, 3.63) is 46.5 Å². The van der Waals surface area contributed by atoms with Crippen molar-refractivity contribution < 1.29 is 19.1 Å². The number of H-pyrrole nitrogens is 1. The van der Waals surface area contributed by atoms with Crippen molar-refractivity contribution in [2.75, 3.05) is 0 Å². The molecule has 1 atom stereocenters. The number of benzene rings is 1. The lowest BCUT2D eigenvalue weighted by molar-refractivity contribution is -0.138. The Kier molecular flexibility index (Phi) is 4.25. The van der Waals surface area contributed by atoms with E-state index in [-0.39, 0.29) is 18.7 Å². The Morgan fingerprint density at radius 2 is 2.26 bits per heavy atom. The molecule has 4 nitrogen and oxygen atoms in total. The molecule has 0 aliphatic heterocycles. The number of fused-ring (bicyclic) bond motifs is 1. The first-order valence-electron chi connectivity index (χ1n) is 7.12. The fourth-order valence-electron chi connectivity index (χ4n) is 2.66. The maximum absolute atomic E-state index is 13.8. The number of thiophene rings is 1. The van der Waals surface area contributed by atoms with Gasteiger partial charge in [-0.15, -0.1) is 11.3 Å². The summed E-state index contributed by atoms with van der Waals surface area (Å²) in [5.41, 5.74) is 2.12. The lowest BCUT2D eigenvalue weighted by atomic mass is 10.00. The molecule has 2 heterocycles. The van der Waals surface area contributed by atoms with Gasteiger partial charge in [0.15, 0.2) is 0 Å².